The number of rotatable bonds is 2. The van der Waals surface area contributed by atoms with Gasteiger partial charge in [-0.1, -0.05) is 12.1 Å². The summed E-state index contributed by atoms with van der Waals surface area (Å²) in [5.74, 6) is -0.0284. The second-order valence-electron chi connectivity index (χ2n) is 3.28. The molecule has 1 aromatic carbocycles. The van der Waals surface area contributed by atoms with Gasteiger partial charge in [0.25, 0.3) is 0 Å². The van der Waals surface area contributed by atoms with Crippen molar-refractivity contribution in [3.05, 3.63) is 58.0 Å². The average Bonchev–Trinajstić information content (AvgIpc) is 2.74. The Morgan fingerprint density at radius 2 is 2.13 bits per heavy atom. The molecule has 2 rings (SSSR count). The van der Waals surface area contributed by atoms with Gasteiger partial charge in [-0.05, 0) is 40.5 Å². The van der Waals surface area contributed by atoms with E-state index in [-0.39, 0.29) is 5.78 Å². The molecule has 0 unspecified atom stereocenters. The van der Waals surface area contributed by atoms with Crippen molar-refractivity contribution in [3.8, 4) is 0 Å². The van der Waals surface area contributed by atoms with Crippen LogP contribution < -0.4 is 0 Å². The monoisotopic (exact) mass is 264 g/mol. The van der Waals surface area contributed by atoms with Crippen LogP contribution in [-0.2, 0) is 0 Å². The zero-order chi connectivity index (χ0) is 10.8. The number of hydrogen-bond donors (Lipinski definition) is 0. The van der Waals surface area contributed by atoms with E-state index in [1.54, 1.807) is 12.1 Å². The van der Waals surface area contributed by atoms with E-state index in [1.807, 2.05) is 19.1 Å². The van der Waals surface area contributed by atoms with Crippen LogP contribution in [0, 0.1) is 6.92 Å². The molecule has 0 saturated heterocycles. The molecule has 0 fully saturated rings. The number of ketones is 1. The minimum Gasteiger partial charge on any atom is -0.472 e. The normalized spacial score (nSPS) is 10.3. The van der Waals surface area contributed by atoms with E-state index in [1.165, 1.54) is 12.5 Å². The van der Waals surface area contributed by atoms with Crippen LogP contribution >= 0.6 is 15.9 Å². The lowest BCUT2D eigenvalue weighted by Gasteiger charge is -2.04. The molecule has 0 spiro atoms. The first kappa shape index (κ1) is 10.2. The fourth-order valence-electron chi connectivity index (χ4n) is 1.37. The van der Waals surface area contributed by atoms with Crippen LogP contribution in [0.3, 0.4) is 0 Å². The summed E-state index contributed by atoms with van der Waals surface area (Å²) >= 11 is 3.41. The third-order valence-corrected chi connectivity index (χ3v) is 3.27. The molecule has 0 atom stereocenters. The second-order valence-corrected chi connectivity index (χ2v) is 4.07. The topological polar surface area (TPSA) is 30.2 Å². The van der Waals surface area contributed by atoms with Crippen molar-refractivity contribution in [1.29, 1.82) is 0 Å². The fourth-order valence-corrected chi connectivity index (χ4v) is 1.82. The van der Waals surface area contributed by atoms with Crippen molar-refractivity contribution >= 4 is 21.7 Å². The molecule has 1 aromatic heterocycles. The summed E-state index contributed by atoms with van der Waals surface area (Å²) in [5, 5.41) is 0. The van der Waals surface area contributed by atoms with Crippen molar-refractivity contribution in [2.45, 2.75) is 6.92 Å². The van der Waals surface area contributed by atoms with Gasteiger partial charge in [-0.3, -0.25) is 4.79 Å². The van der Waals surface area contributed by atoms with Gasteiger partial charge in [-0.25, -0.2) is 0 Å². The third kappa shape index (κ3) is 1.88. The molecule has 1 heterocycles. The minimum atomic E-state index is -0.0284. The van der Waals surface area contributed by atoms with Gasteiger partial charge >= 0.3 is 0 Å². The number of halogens is 1. The summed E-state index contributed by atoms with van der Waals surface area (Å²) in [7, 11) is 0. The van der Waals surface area contributed by atoms with E-state index in [4.69, 9.17) is 4.42 Å². The van der Waals surface area contributed by atoms with Gasteiger partial charge in [-0.2, -0.15) is 0 Å². The highest BCUT2D eigenvalue weighted by molar-refractivity contribution is 9.10. The lowest BCUT2D eigenvalue weighted by atomic mass is 10.0. The molecule has 0 N–H and O–H groups in total. The highest BCUT2D eigenvalue weighted by Gasteiger charge is 2.14. The van der Waals surface area contributed by atoms with Crippen molar-refractivity contribution in [2.75, 3.05) is 0 Å². The molecular weight excluding hydrogens is 256 g/mol. The van der Waals surface area contributed by atoms with Crippen molar-refractivity contribution in [1.82, 2.24) is 0 Å². The first-order chi connectivity index (χ1) is 7.20. The standard InChI is InChI=1S/C12H9BrO2/c1-8-3-2-4-10(11(8)13)12(14)9-5-6-15-7-9/h2-7H,1H3. The Morgan fingerprint density at radius 3 is 2.80 bits per heavy atom. The number of carbonyl (C=O) groups is 1. The van der Waals surface area contributed by atoms with Gasteiger partial charge in [0.1, 0.15) is 6.26 Å². The molecule has 3 heteroatoms. The van der Waals surface area contributed by atoms with Crippen LogP contribution in [-0.4, -0.2) is 5.78 Å². The predicted octanol–water partition coefficient (Wildman–Crippen LogP) is 3.58. The van der Waals surface area contributed by atoms with Gasteiger partial charge < -0.3 is 4.42 Å². The maximum atomic E-state index is 12.0. The van der Waals surface area contributed by atoms with Crippen LogP contribution in [0.2, 0.25) is 0 Å². The van der Waals surface area contributed by atoms with Gasteiger partial charge in [0.2, 0.25) is 0 Å². The van der Waals surface area contributed by atoms with Crippen LogP contribution in [0.15, 0.2) is 45.7 Å². The Balaban J connectivity index is 2.47. The van der Waals surface area contributed by atoms with Crippen molar-refractivity contribution in [2.24, 2.45) is 0 Å². The molecular formula is C12H9BrO2. The van der Waals surface area contributed by atoms with Gasteiger partial charge in [0, 0.05) is 10.0 Å². The summed E-state index contributed by atoms with van der Waals surface area (Å²) in [6.45, 7) is 1.95. The highest BCUT2D eigenvalue weighted by Crippen LogP contribution is 2.23. The molecule has 0 aliphatic rings. The summed E-state index contributed by atoms with van der Waals surface area (Å²) < 4.78 is 5.73. The maximum Gasteiger partial charge on any atom is 0.197 e. The second kappa shape index (κ2) is 4.03. The number of aryl methyl sites for hydroxylation is 1. The molecule has 0 aliphatic heterocycles. The fraction of sp³-hybridized carbons (Fsp3) is 0.0833. The quantitative estimate of drug-likeness (QED) is 0.777. The number of carbonyl (C=O) groups excluding carboxylic acids is 1. The molecule has 0 aliphatic carbocycles. The summed E-state index contributed by atoms with van der Waals surface area (Å²) in [5.41, 5.74) is 2.28. The van der Waals surface area contributed by atoms with E-state index in [0.29, 0.717) is 11.1 Å². The summed E-state index contributed by atoms with van der Waals surface area (Å²) in [6.07, 6.45) is 2.95. The van der Waals surface area contributed by atoms with E-state index >= 15 is 0 Å². The van der Waals surface area contributed by atoms with Crippen LogP contribution in [0.4, 0.5) is 0 Å². The zero-order valence-electron chi connectivity index (χ0n) is 8.16. The lowest BCUT2D eigenvalue weighted by Crippen LogP contribution is -2.01. The average molecular weight is 265 g/mol. The number of hydrogen-bond acceptors (Lipinski definition) is 2. The van der Waals surface area contributed by atoms with Gasteiger partial charge in [-0.15, -0.1) is 0 Å². The Morgan fingerprint density at radius 1 is 1.33 bits per heavy atom. The molecule has 0 bridgehead atoms. The minimum absolute atomic E-state index is 0.0284. The van der Waals surface area contributed by atoms with Crippen LogP contribution in [0.5, 0.6) is 0 Å². The largest absolute Gasteiger partial charge is 0.472 e. The zero-order valence-corrected chi connectivity index (χ0v) is 9.74. The Hall–Kier alpha value is -1.35. The smallest absolute Gasteiger partial charge is 0.197 e. The number of furan rings is 1. The lowest BCUT2D eigenvalue weighted by molar-refractivity contribution is 0.103. The maximum absolute atomic E-state index is 12.0. The van der Waals surface area contributed by atoms with Crippen LogP contribution in [0.25, 0.3) is 0 Å². The molecule has 15 heavy (non-hydrogen) atoms. The third-order valence-electron chi connectivity index (χ3n) is 2.22. The first-order valence-corrected chi connectivity index (χ1v) is 5.31. The van der Waals surface area contributed by atoms with Gasteiger partial charge in [0.15, 0.2) is 5.78 Å². The number of benzene rings is 1. The Kier molecular flexibility index (Phi) is 2.73. The summed E-state index contributed by atoms with van der Waals surface area (Å²) in [4.78, 5) is 12.0. The van der Waals surface area contributed by atoms with Crippen LogP contribution in [0.1, 0.15) is 21.5 Å². The molecule has 0 saturated carbocycles. The van der Waals surface area contributed by atoms with Gasteiger partial charge in [0.05, 0.1) is 11.8 Å². The summed E-state index contributed by atoms with van der Waals surface area (Å²) in [6, 6.07) is 7.28. The highest BCUT2D eigenvalue weighted by atomic mass is 79.9. The molecule has 0 radical (unpaired) electrons. The SMILES string of the molecule is Cc1cccc(C(=O)c2ccoc2)c1Br. The van der Waals surface area contributed by atoms with E-state index in [9.17, 15) is 4.79 Å². The first-order valence-electron chi connectivity index (χ1n) is 4.52. The van der Waals surface area contributed by atoms with Crippen molar-refractivity contribution in [3.63, 3.8) is 0 Å². The Bertz CT molecular complexity index is 486. The van der Waals surface area contributed by atoms with E-state index < -0.39 is 0 Å². The van der Waals surface area contributed by atoms with Crippen molar-refractivity contribution < 1.29 is 9.21 Å². The molecule has 2 nitrogen and oxygen atoms in total. The van der Waals surface area contributed by atoms with E-state index in [2.05, 4.69) is 15.9 Å². The van der Waals surface area contributed by atoms with E-state index in [0.717, 1.165) is 10.0 Å². The molecule has 2 aromatic rings. The molecule has 0 amide bonds. The molecule has 76 valence electrons. The predicted molar refractivity (Wildman–Crippen MR) is 61.0 cm³/mol. The Labute approximate surface area is 96.0 Å².